The van der Waals surface area contributed by atoms with Gasteiger partial charge in [0.15, 0.2) is 0 Å². The minimum atomic E-state index is -3.97. The summed E-state index contributed by atoms with van der Waals surface area (Å²) in [6.07, 6.45) is -0.995. The van der Waals surface area contributed by atoms with Gasteiger partial charge in [0.25, 0.3) is 10.1 Å². The Hall–Kier alpha value is 0.753. The summed E-state index contributed by atoms with van der Waals surface area (Å²) in [5.74, 6) is -0.590. The zero-order chi connectivity index (χ0) is 6.78. The van der Waals surface area contributed by atoms with Gasteiger partial charge in [0.1, 0.15) is 5.75 Å². The number of hydrogen-bond donors (Lipinski definition) is 2. The third kappa shape index (κ3) is 12.1. The molecular weight excluding hydrogens is 341 g/mol. The van der Waals surface area contributed by atoms with Gasteiger partial charge in [-0.1, -0.05) is 0 Å². The Morgan fingerprint density at radius 1 is 1.56 bits per heavy atom. The molecule has 0 spiro atoms. The van der Waals surface area contributed by atoms with E-state index in [1.807, 2.05) is 0 Å². The standard InChI is InChI=1S/C3H8O4S.Bi/c1-3(4)2-8(5,6)7;/h3-4H,2H2,1H3,(H,5,6,7);. The van der Waals surface area contributed by atoms with E-state index in [9.17, 15) is 8.42 Å². The molecule has 0 fully saturated rings. The summed E-state index contributed by atoms with van der Waals surface area (Å²) >= 11 is 0. The normalized spacial score (nSPS) is 14.1. The molecule has 2 N–H and O–H groups in total. The fourth-order valence-corrected chi connectivity index (χ4v) is 0.914. The molecule has 0 amide bonds. The van der Waals surface area contributed by atoms with Crippen molar-refractivity contribution in [2.45, 2.75) is 13.0 Å². The second-order valence-corrected chi connectivity index (χ2v) is 3.09. The maximum absolute atomic E-state index is 9.84. The Morgan fingerprint density at radius 2 is 1.89 bits per heavy atom. The van der Waals surface area contributed by atoms with E-state index in [1.165, 1.54) is 6.92 Å². The molecular formula is C3H8BiO4S. The van der Waals surface area contributed by atoms with Gasteiger partial charge < -0.3 is 5.11 Å². The van der Waals surface area contributed by atoms with Crippen LogP contribution in [0.1, 0.15) is 6.92 Å². The Morgan fingerprint density at radius 3 is 1.89 bits per heavy atom. The van der Waals surface area contributed by atoms with Crippen LogP contribution in [-0.4, -0.2) is 56.1 Å². The molecule has 0 aromatic heterocycles. The Kier molecular flexibility index (Phi) is 6.29. The summed E-state index contributed by atoms with van der Waals surface area (Å²) in [6, 6.07) is 0. The molecule has 55 valence electrons. The second-order valence-electron chi connectivity index (χ2n) is 1.60. The summed E-state index contributed by atoms with van der Waals surface area (Å²) < 4.78 is 27.7. The maximum atomic E-state index is 9.84. The molecule has 0 aliphatic carbocycles. The van der Waals surface area contributed by atoms with Crippen molar-refractivity contribution in [1.82, 2.24) is 0 Å². The Balaban J connectivity index is 0. The number of hydrogen-bond acceptors (Lipinski definition) is 3. The summed E-state index contributed by atoms with van der Waals surface area (Å²) in [5, 5.41) is 8.35. The van der Waals surface area contributed by atoms with Crippen LogP contribution in [0.25, 0.3) is 0 Å². The van der Waals surface area contributed by atoms with Gasteiger partial charge in [-0.25, -0.2) is 0 Å². The van der Waals surface area contributed by atoms with Gasteiger partial charge >= 0.3 is 0 Å². The van der Waals surface area contributed by atoms with E-state index in [2.05, 4.69) is 0 Å². The monoisotopic (exact) mass is 349 g/mol. The summed E-state index contributed by atoms with van der Waals surface area (Å²) in [5.41, 5.74) is 0. The first-order valence-corrected chi connectivity index (χ1v) is 3.66. The SMILES string of the molecule is CC(O)CS(=O)(=O)O.[Bi]. The van der Waals surface area contributed by atoms with E-state index < -0.39 is 22.0 Å². The maximum Gasteiger partial charge on any atom is 0.267 e. The number of aliphatic hydroxyl groups is 1. The molecule has 0 heterocycles. The molecule has 0 aliphatic heterocycles. The van der Waals surface area contributed by atoms with Gasteiger partial charge in [-0.2, -0.15) is 8.42 Å². The van der Waals surface area contributed by atoms with Gasteiger partial charge in [0.2, 0.25) is 0 Å². The van der Waals surface area contributed by atoms with Crippen molar-refractivity contribution in [1.29, 1.82) is 0 Å². The molecule has 0 saturated carbocycles. The van der Waals surface area contributed by atoms with E-state index in [1.54, 1.807) is 0 Å². The van der Waals surface area contributed by atoms with Crippen LogP contribution < -0.4 is 0 Å². The Labute approximate surface area is 73.1 Å². The fraction of sp³-hybridized carbons (Fsp3) is 1.00. The van der Waals surface area contributed by atoms with Gasteiger partial charge in [0.05, 0.1) is 6.10 Å². The van der Waals surface area contributed by atoms with Crippen LogP contribution in [0.4, 0.5) is 0 Å². The fourth-order valence-electron chi connectivity index (χ4n) is 0.305. The van der Waals surface area contributed by atoms with Gasteiger partial charge in [0, 0.05) is 26.2 Å². The molecule has 0 rings (SSSR count). The van der Waals surface area contributed by atoms with Crippen molar-refractivity contribution in [3.05, 3.63) is 0 Å². The predicted octanol–water partition coefficient (Wildman–Crippen LogP) is -1.13. The van der Waals surface area contributed by atoms with E-state index in [0.29, 0.717) is 0 Å². The van der Waals surface area contributed by atoms with Crippen LogP contribution in [0.15, 0.2) is 0 Å². The third-order valence-corrected chi connectivity index (χ3v) is 1.36. The van der Waals surface area contributed by atoms with Gasteiger partial charge in [-0.15, -0.1) is 0 Å². The van der Waals surface area contributed by atoms with Crippen molar-refractivity contribution >= 4 is 36.3 Å². The molecule has 0 saturated heterocycles. The van der Waals surface area contributed by atoms with Gasteiger partial charge in [-0.05, 0) is 6.92 Å². The predicted molar refractivity (Wildman–Crippen MR) is 33.9 cm³/mol. The molecule has 0 aliphatic rings. The average Bonchev–Trinajstić information content (AvgIpc) is 1.21. The first-order valence-electron chi connectivity index (χ1n) is 2.05. The van der Waals surface area contributed by atoms with Crippen molar-refractivity contribution in [2.24, 2.45) is 0 Å². The van der Waals surface area contributed by atoms with E-state index >= 15 is 0 Å². The molecule has 0 bridgehead atoms. The first-order chi connectivity index (χ1) is 3.42. The number of aliphatic hydroxyl groups excluding tert-OH is 1. The molecule has 0 aromatic carbocycles. The molecule has 9 heavy (non-hydrogen) atoms. The average molecular weight is 349 g/mol. The van der Waals surface area contributed by atoms with E-state index in [-0.39, 0.29) is 26.2 Å². The minimum absolute atomic E-state index is 0. The largest absolute Gasteiger partial charge is 0.392 e. The smallest absolute Gasteiger partial charge is 0.267 e. The van der Waals surface area contributed by atoms with Crippen molar-refractivity contribution in [2.75, 3.05) is 5.75 Å². The Bertz CT molecular complexity index is 149. The second kappa shape index (κ2) is 4.55. The molecule has 4 nitrogen and oxygen atoms in total. The third-order valence-electron chi connectivity index (χ3n) is 0.452. The van der Waals surface area contributed by atoms with Crippen molar-refractivity contribution < 1.29 is 18.1 Å². The van der Waals surface area contributed by atoms with Crippen LogP contribution in [0.2, 0.25) is 0 Å². The van der Waals surface area contributed by atoms with Crippen LogP contribution in [0, 0.1) is 0 Å². The van der Waals surface area contributed by atoms with Crippen LogP contribution in [0.5, 0.6) is 0 Å². The van der Waals surface area contributed by atoms with E-state index in [0.717, 1.165) is 0 Å². The topological polar surface area (TPSA) is 74.6 Å². The zero-order valence-corrected chi connectivity index (χ0v) is 9.14. The molecule has 0 aromatic rings. The zero-order valence-electron chi connectivity index (χ0n) is 4.85. The minimum Gasteiger partial charge on any atom is -0.392 e. The molecule has 3 radical (unpaired) electrons. The van der Waals surface area contributed by atoms with Crippen molar-refractivity contribution in [3.8, 4) is 0 Å². The first kappa shape index (κ1) is 12.4. The van der Waals surface area contributed by atoms with Gasteiger partial charge in [-0.3, -0.25) is 4.55 Å². The van der Waals surface area contributed by atoms with E-state index in [4.69, 9.17) is 9.66 Å². The molecule has 6 heteroatoms. The summed E-state index contributed by atoms with van der Waals surface area (Å²) in [7, 11) is -3.97. The molecule has 1 unspecified atom stereocenters. The van der Waals surface area contributed by atoms with Crippen molar-refractivity contribution in [3.63, 3.8) is 0 Å². The van der Waals surface area contributed by atoms with Crippen LogP contribution in [-0.2, 0) is 10.1 Å². The van der Waals surface area contributed by atoms with Crippen LogP contribution >= 0.6 is 0 Å². The molecule has 1 atom stereocenters. The quantitative estimate of drug-likeness (QED) is 0.489. The summed E-state index contributed by atoms with van der Waals surface area (Å²) in [6.45, 7) is 1.29. The summed E-state index contributed by atoms with van der Waals surface area (Å²) in [4.78, 5) is 0. The number of rotatable bonds is 2. The van der Waals surface area contributed by atoms with Crippen LogP contribution in [0.3, 0.4) is 0 Å².